The Hall–Kier alpha value is -1.54. The monoisotopic (exact) mass is 239 g/mol. The lowest BCUT2D eigenvalue weighted by atomic mass is 10.2. The molecular weight excluding hydrogens is 229 g/mol. The van der Waals surface area contributed by atoms with Crippen molar-refractivity contribution < 1.29 is 14.3 Å². The van der Waals surface area contributed by atoms with Gasteiger partial charge in [-0.2, -0.15) is 5.26 Å². The van der Waals surface area contributed by atoms with E-state index < -0.39 is 16.5 Å². The molecule has 0 aromatic heterocycles. The quantitative estimate of drug-likeness (QED) is 0.824. The van der Waals surface area contributed by atoms with Gasteiger partial charge in [0.05, 0.1) is 11.6 Å². The van der Waals surface area contributed by atoms with Gasteiger partial charge >= 0.3 is 5.97 Å². The lowest BCUT2D eigenvalue weighted by molar-refractivity contribution is -0.138. The van der Waals surface area contributed by atoms with Crippen molar-refractivity contribution in [2.45, 2.75) is 23.5 Å². The standard InChI is InChI=1S/C11H10FNO2S/c1-11(2,10(14)15)16-9-4-3-7(6-13)5-8(9)12/h3-5H,1-2H3,(H,14,15). The van der Waals surface area contributed by atoms with Gasteiger partial charge in [-0.15, -0.1) is 11.8 Å². The number of carboxylic acid groups (broad SMARTS) is 1. The van der Waals surface area contributed by atoms with Crippen molar-refractivity contribution in [3.8, 4) is 6.07 Å². The number of nitriles is 1. The van der Waals surface area contributed by atoms with Gasteiger partial charge < -0.3 is 5.11 Å². The van der Waals surface area contributed by atoms with E-state index in [2.05, 4.69) is 0 Å². The Labute approximate surface area is 96.9 Å². The van der Waals surface area contributed by atoms with Crippen LogP contribution in [0.25, 0.3) is 0 Å². The van der Waals surface area contributed by atoms with Gasteiger partial charge in [-0.3, -0.25) is 4.79 Å². The predicted octanol–water partition coefficient (Wildman–Crippen LogP) is 2.65. The van der Waals surface area contributed by atoms with E-state index in [0.717, 1.165) is 17.8 Å². The topological polar surface area (TPSA) is 61.1 Å². The first-order chi connectivity index (χ1) is 7.36. The van der Waals surface area contributed by atoms with Gasteiger partial charge in [0.15, 0.2) is 0 Å². The summed E-state index contributed by atoms with van der Waals surface area (Å²) in [6.45, 7) is 3.00. The van der Waals surface area contributed by atoms with Crippen molar-refractivity contribution in [3.63, 3.8) is 0 Å². The first-order valence-electron chi connectivity index (χ1n) is 4.49. The van der Waals surface area contributed by atoms with Gasteiger partial charge in [-0.05, 0) is 32.0 Å². The Morgan fingerprint density at radius 3 is 2.62 bits per heavy atom. The molecule has 1 aromatic carbocycles. The van der Waals surface area contributed by atoms with Gasteiger partial charge in [0, 0.05) is 4.90 Å². The van der Waals surface area contributed by atoms with Crippen molar-refractivity contribution in [1.29, 1.82) is 5.26 Å². The average Bonchev–Trinajstić information content (AvgIpc) is 2.20. The number of benzene rings is 1. The maximum absolute atomic E-state index is 13.5. The third kappa shape index (κ3) is 2.74. The van der Waals surface area contributed by atoms with Crippen LogP contribution >= 0.6 is 11.8 Å². The Morgan fingerprint density at radius 2 is 2.19 bits per heavy atom. The minimum atomic E-state index is -1.10. The molecule has 1 aromatic rings. The smallest absolute Gasteiger partial charge is 0.319 e. The van der Waals surface area contributed by atoms with E-state index in [0.29, 0.717) is 0 Å². The van der Waals surface area contributed by atoms with E-state index in [1.54, 1.807) is 0 Å². The number of carbonyl (C=O) groups is 1. The van der Waals surface area contributed by atoms with Gasteiger partial charge in [0.25, 0.3) is 0 Å². The van der Waals surface area contributed by atoms with Crippen LogP contribution in [-0.4, -0.2) is 15.8 Å². The number of carboxylic acids is 1. The average molecular weight is 239 g/mol. The first-order valence-corrected chi connectivity index (χ1v) is 5.30. The van der Waals surface area contributed by atoms with E-state index in [-0.39, 0.29) is 10.5 Å². The van der Waals surface area contributed by atoms with E-state index in [4.69, 9.17) is 10.4 Å². The van der Waals surface area contributed by atoms with Crippen LogP contribution in [-0.2, 0) is 4.79 Å². The third-order valence-electron chi connectivity index (χ3n) is 1.94. The summed E-state index contributed by atoms with van der Waals surface area (Å²) < 4.78 is 12.4. The number of thioether (sulfide) groups is 1. The highest BCUT2D eigenvalue weighted by atomic mass is 32.2. The second kappa shape index (κ2) is 4.54. The number of hydrogen-bond acceptors (Lipinski definition) is 3. The zero-order valence-corrected chi connectivity index (χ0v) is 9.64. The van der Waals surface area contributed by atoms with Crippen LogP contribution in [0.2, 0.25) is 0 Å². The molecule has 0 unspecified atom stereocenters. The Kier molecular flexibility index (Phi) is 3.55. The molecule has 0 atom stereocenters. The van der Waals surface area contributed by atoms with Gasteiger partial charge in [-0.25, -0.2) is 4.39 Å². The molecule has 0 saturated carbocycles. The van der Waals surface area contributed by atoms with Crippen molar-refractivity contribution in [2.75, 3.05) is 0 Å². The highest BCUT2D eigenvalue weighted by Crippen LogP contribution is 2.34. The molecule has 1 N–H and O–H groups in total. The van der Waals surface area contributed by atoms with Crippen LogP contribution in [0.15, 0.2) is 23.1 Å². The second-order valence-corrected chi connectivity index (χ2v) is 5.34. The largest absolute Gasteiger partial charge is 0.480 e. The number of rotatable bonds is 3. The fourth-order valence-corrected chi connectivity index (χ4v) is 1.90. The Balaban J connectivity index is 3.00. The van der Waals surface area contributed by atoms with E-state index >= 15 is 0 Å². The minimum Gasteiger partial charge on any atom is -0.480 e. The summed E-state index contributed by atoms with van der Waals surface area (Å²) in [5, 5.41) is 17.5. The summed E-state index contributed by atoms with van der Waals surface area (Å²) in [6, 6.07) is 5.79. The van der Waals surface area contributed by atoms with Crippen LogP contribution in [0.5, 0.6) is 0 Å². The molecule has 5 heteroatoms. The van der Waals surface area contributed by atoms with Crippen molar-refractivity contribution in [1.82, 2.24) is 0 Å². The summed E-state index contributed by atoms with van der Waals surface area (Å²) in [5.74, 6) is -1.58. The molecular formula is C11H10FNO2S. The van der Waals surface area contributed by atoms with Crippen molar-refractivity contribution >= 4 is 17.7 Å². The molecule has 0 aliphatic carbocycles. The maximum Gasteiger partial charge on any atom is 0.319 e. The van der Waals surface area contributed by atoms with Crippen LogP contribution in [0.3, 0.4) is 0 Å². The van der Waals surface area contributed by atoms with E-state index in [1.165, 1.54) is 26.0 Å². The lowest BCUT2D eigenvalue weighted by Gasteiger charge is -2.18. The summed E-state index contributed by atoms with van der Waals surface area (Å²) in [6.07, 6.45) is 0. The molecule has 84 valence electrons. The number of nitrogens with zero attached hydrogens (tertiary/aromatic N) is 1. The number of halogens is 1. The molecule has 1 rings (SSSR count). The third-order valence-corrected chi connectivity index (χ3v) is 3.18. The summed E-state index contributed by atoms with van der Waals surface area (Å²) in [5.41, 5.74) is 0.218. The maximum atomic E-state index is 13.5. The summed E-state index contributed by atoms with van der Waals surface area (Å²) in [7, 11) is 0. The van der Waals surface area contributed by atoms with Gasteiger partial charge in [-0.1, -0.05) is 0 Å². The van der Waals surface area contributed by atoms with Crippen molar-refractivity contribution in [2.24, 2.45) is 0 Å². The number of aliphatic carboxylic acids is 1. The Bertz CT molecular complexity index is 466. The molecule has 16 heavy (non-hydrogen) atoms. The molecule has 0 heterocycles. The van der Waals surface area contributed by atoms with Crippen LogP contribution in [0, 0.1) is 17.1 Å². The molecule has 0 amide bonds. The zero-order chi connectivity index (χ0) is 12.3. The van der Waals surface area contributed by atoms with Gasteiger partial charge in [0.1, 0.15) is 10.6 Å². The highest BCUT2D eigenvalue weighted by molar-refractivity contribution is 8.01. The van der Waals surface area contributed by atoms with E-state index in [9.17, 15) is 9.18 Å². The fraction of sp³-hybridized carbons (Fsp3) is 0.273. The van der Waals surface area contributed by atoms with Gasteiger partial charge in [0.2, 0.25) is 0 Å². The lowest BCUT2D eigenvalue weighted by Crippen LogP contribution is -2.27. The van der Waals surface area contributed by atoms with Crippen LogP contribution in [0.1, 0.15) is 19.4 Å². The molecule has 0 saturated heterocycles. The predicted molar refractivity (Wildman–Crippen MR) is 58.7 cm³/mol. The minimum absolute atomic E-state index is 0.218. The highest BCUT2D eigenvalue weighted by Gasteiger charge is 2.29. The van der Waals surface area contributed by atoms with Crippen molar-refractivity contribution in [3.05, 3.63) is 29.6 Å². The van der Waals surface area contributed by atoms with E-state index in [1.807, 2.05) is 6.07 Å². The SMILES string of the molecule is CC(C)(Sc1ccc(C#N)cc1F)C(=O)O. The normalized spacial score (nSPS) is 10.9. The number of hydrogen-bond donors (Lipinski definition) is 1. The summed E-state index contributed by atoms with van der Waals surface area (Å²) in [4.78, 5) is 11.1. The molecule has 0 spiro atoms. The second-order valence-electron chi connectivity index (χ2n) is 3.67. The molecule has 0 radical (unpaired) electrons. The molecule has 0 aliphatic rings. The molecule has 0 bridgehead atoms. The summed E-state index contributed by atoms with van der Waals surface area (Å²) >= 11 is 0.916. The van der Waals surface area contributed by atoms with Crippen LogP contribution in [0.4, 0.5) is 4.39 Å². The zero-order valence-electron chi connectivity index (χ0n) is 8.82. The molecule has 0 aliphatic heterocycles. The molecule has 0 fully saturated rings. The molecule has 3 nitrogen and oxygen atoms in total. The Morgan fingerprint density at radius 1 is 1.56 bits per heavy atom. The first kappa shape index (κ1) is 12.5. The fourth-order valence-electron chi connectivity index (χ4n) is 0.972. The van der Waals surface area contributed by atoms with Crippen LogP contribution < -0.4 is 0 Å².